The zero-order chi connectivity index (χ0) is 20.1. The van der Waals surface area contributed by atoms with E-state index in [1.807, 2.05) is 31.5 Å². The first-order valence-corrected chi connectivity index (χ1v) is 10.4. The summed E-state index contributed by atoms with van der Waals surface area (Å²) in [5, 5.41) is 6.79. The Morgan fingerprint density at radius 2 is 2.03 bits per heavy atom. The molecular weight excluding hydrogens is 384 g/mol. The highest BCUT2D eigenvalue weighted by Gasteiger charge is 2.68. The lowest BCUT2D eigenvalue weighted by Crippen LogP contribution is -2.71. The van der Waals surface area contributed by atoms with Gasteiger partial charge >= 0.3 is 0 Å². The molecule has 3 aliphatic rings. The number of ketones is 1. The molecule has 0 radical (unpaired) electrons. The molecule has 0 atom stereocenters. The number of anilines is 1. The third-order valence-electron chi connectivity index (χ3n) is 6.32. The van der Waals surface area contributed by atoms with Crippen LogP contribution in [0, 0.1) is 12.3 Å². The average molecular weight is 407 g/mol. The smallest absolute Gasteiger partial charge is 0.170 e. The van der Waals surface area contributed by atoms with Crippen molar-refractivity contribution in [2.75, 3.05) is 11.9 Å². The Hall–Kier alpha value is -2.59. The molecule has 3 saturated carbocycles. The normalized spacial score (nSPS) is 24.5. The second-order valence-corrected chi connectivity index (χ2v) is 9.16. The van der Waals surface area contributed by atoms with Crippen LogP contribution in [0.25, 0.3) is 10.8 Å². The van der Waals surface area contributed by atoms with E-state index in [0.717, 1.165) is 35.9 Å². The highest BCUT2D eigenvalue weighted by atomic mass is 35.5. The monoisotopic (exact) mass is 406 g/mol. The summed E-state index contributed by atoms with van der Waals surface area (Å²) < 4.78 is 5.67. The highest BCUT2D eigenvalue weighted by molar-refractivity contribution is 6.31. The number of pyridine rings is 1. The molecule has 5 heteroatoms. The van der Waals surface area contributed by atoms with Crippen LogP contribution in [-0.2, 0) is 4.79 Å². The molecule has 3 fully saturated rings. The number of fused-ring (bicyclic) bond motifs is 1. The SMILES string of the molecule is Cc1cc(OCC(=O)CC23CC(Nc4cccc5cnccc45)(C2)C3)ccc1Cl. The number of nitrogens with zero attached hydrogens (tertiary/aromatic N) is 1. The van der Waals surface area contributed by atoms with E-state index in [1.54, 1.807) is 6.07 Å². The van der Waals surface area contributed by atoms with Crippen LogP contribution in [0.3, 0.4) is 0 Å². The fourth-order valence-electron chi connectivity index (χ4n) is 5.18. The third-order valence-corrected chi connectivity index (χ3v) is 6.75. The van der Waals surface area contributed by atoms with Gasteiger partial charge in [-0.3, -0.25) is 9.78 Å². The number of ether oxygens (including phenoxy) is 1. The van der Waals surface area contributed by atoms with E-state index in [-0.39, 0.29) is 23.3 Å². The molecule has 29 heavy (non-hydrogen) atoms. The Morgan fingerprint density at radius 1 is 1.21 bits per heavy atom. The number of carbonyl (C=O) groups is 1. The van der Waals surface area contributed by atoms with Crippen molar-refractivity contribution in [1.82, 2.24) is 4.98 Å². The molecule has 0 saturated heterocycles. The van der Waals surface area contributed by atoms with Crippen LogP contribution in [-0.4, -0.2) is 22.9 Å². The fraction of sp³-hybridized carbons (Fsp3) is 0.333. The number of hydrogen-bond donors (Lipinski definition) is 1. The van der Waals surface area contributed by atoms with Crippen LogP contribution in [0.4, 0.5) is 5.69 Å². The van der Waals surface area contributed by atoms with Gasteiger partial charge in [0.15, 0.2) is 5.78 Å². The van der Waals surface area contributed by atoms with Crippen molar-refractivity contribution in [2.24, 2.45) is 5.41 Å². The van der Waals surface area contributed by atoms with Crippen molar-refractivity contribution in [3.8, 4) is 5.75 Å². The first-order chi connectivity index (χ1) is 14.0. The van der Waals surface area contributed by atoms with Gasteiger partial charge in [-0.25, -0.2) is 0 Å². The van der Waals surface area contributed by atoms with Crippen LogP contribution in [0.2, 0.25) is 5.02 Å². The van der Waals surface area contributed by atoms with E-state index in [1.165, 1.54) is 5.39 Å². The van der Waals surface area contributed by atoms with E-state index < -0.39 is 0 Å². The second kappa shape index (κ2) is 6.74. The van der Waals surface area contributed by atoms with Gasteiger partial charge in [-0.2, -0.15) is 0 Å². The number of benzene rings is 2. The topological polar surface area (TPSA) is 51.2 Å². The summed E-state index contributed by atoms with van der Waals surface area (Å²) >= 11 is 6.03. The third kappa shape index (κ3) is 3.36. The maximum atomic E-state index is 12.5. The number of nitrogens with one attached hydrogen (secondary N) is 1. The molecule has 2 bridgehead atoms. The van der Waals surface area contributed by atoms with Crippen molar-refractivity contribution in [1.29, 1.82) is 0 Å². The molecule has 0 aliphatic heterocycles. The van der Waals surface area contributed by atoms with Crippen molar-refractivity contribution < 1.29 is 9.53 Å². The van der Waals surface area contributed by atoms with Crippen LogP contribution in [0.1, 0.15) is 31.2 Å². The predicted octanol–water partition coefficient (Wildman–Crippen LogP) is 5.57. The maximum Gasteiger partial charge on any atom is 0.170 e. The minimum atomic E-state index is 0.125. The van der Waals surface area contributed by atoms with Crippen molar-refractivity contribution >= 4 is 33.8 Å². The number of rotatable bonds is 7. The molecule has 1 N–H and O–H groups in total. The Morgan fingerprint density at radius 3 is 2.83 bits per heavy atom. The summed E-state index contributed by atoms with van der Waals surface area (Å²) in [7, 11) is 0. The minimum Gasteiger partial charge on any atom is -0.486 e. The highest BCUT2D eigenvalue weighted by Crippen LogP contribution is 2.70. The number of aromatic nitrogens is 1. The van der Waals surface area contributed by atoms with E-state index in [9.17, 15) is 4.79 Å². The number of aryl methyl sites for hydroxylation is 1. The van der Waals surface area contributed by atoms with Crippen LogP contribution in [0.15, 0.2) is 54.9 Å². The quantitative estimate of drug-likeness (QED) is 0.557. The number of Topliss-reactive ketones (excluding diaryl/α,β-unsaturated/α-hetero) is 1. The van der Waals surface area contributed by atoms with Crippen LogP contribution < -0.4 is 10.1 Å². The second-order valence-electron chi connectivity index (χ2n) is 8.75. The fourth-order valence-corrected chi connectivity index (χ4v) is 5.29. The Balaban J connectivity index is 1.16. The van der Waals surface area contributed by atoms with E-state index in [4.69, 9.17) is 16.3 Å². The minimum absolute atomic E-state index is 0.125. The molecule has 6 rings (SSSR count). The van der Waals surface area contributed by atoms with E-state index in [2.05, 4.69) is 34.6 Å². The molecule has 0 unspecified atom stereocenters. The molecule has 3 aromatic rings. The Bertz CT molecular complexity index is 1090. The average Bonchev–Trinajstić information content (AvgIpc) is 2.66. The summed E-state index contributed by atoms with van der Waals surface area (Å²) in [5.74, 6) is 0.864. The van der Waals surface area contributed by atoms with Gasteiger partial charge in [0, 0.05) is 45.8 Å². The van der Waals surface area contributed by atoms with Gasteiger partial charge in [-0.1, -0.05) is 23.7 Å². The van der Waals surface area contributed by atoms with Crippen LogP contribution in [0.5, 0.6) is 5.75 Å². The van der Waals surface area contributed by atoms with Gasteiger partial charge in [0.25, 0.3) is 0 Å². The lowest BCUT2D eigenvalue weighted by molar-refractivity contribution is -0.147. The largest absolute Gasteiger partial charge is 0.486 e. The number of carbonyl (C=O) groups excluding carboxylic acids is 1. The van der Waals surface area contributed by atoms with Gasteiger partial charge in [0.2, 0.25) is 0 Å². The van der Waals surface area contributed by atoms with Crippen molar-refractivity contribution in [2.45, 2.75) is 38.1 Å². The van der Waals surface area contributed by atoms with Gasteiger partial charge in [0.05, 0.1) is 0 Å². The summed E-state index contributed by atoms with van der Waals surface area (Å²) in [6.07, 6.45) is 7.47. The molecule has 0 amide bonds. The molecule has 1 heterocycles. The van der Waals surface area contributed by atoms with Gasteiger partial charge < -0.3 is 10.1 Å². The van der Waals surface area contributed by atoms with Gasteiger partial charge in [-0.05, 0) is 67.5 Å². The standard InChI is InChI=1S/C24H23ClN2O2/c1-16-9-19(5-6-21(16)25)29-12-18(28)10-23-13-24(14-23,15-23)27-22-4-2-3-17-11-26-8-7-20(17)22/h2-9,11,27H,10,12-15H2,1H3. The van der Waals surface area contributed by atoms with Crippen molar-refractivity contribution in [3.63, 3.8) is 0 Å². The van der Waals surface area contributed by atoms with Crippen LogP contribution >= 0.6 is 11.6 Å². The van der Waals surface area contributed by atoms with Gasteiger partial charge in [-0.15, -0.1) is 0 Å². The first kappa shape index (κ1) is 18.4. The predicted molar refractivity (Wildman–Crippen MR) is 116 cm³/mol. The maximum absolute atomic E-state index is 12.5. The summed E-state index contributed by atoms with van der Waals surface area (Å²) in [5.41, 5.74) is 2.42. The first-order valence-electron chi connectivity index (χ1n) is 9.98. The van der Waals surface area contributed by atoms with Crippen molar-refractivity contribution in [3.05, 3.63) is 65.4 Å². The summed E-state index contributed by atoms with van der Waals surface area (Å²) in [4.78, 5) is 16.7. The molecule has 148 valence electrons. The molecule has 4 nitrogen and oxygen atoms in total. The zero-order valence-electron chi connectivity index (χ0n) is 16.4. The molecule has 2 aromatic carbocycles. The van der Waals surface area contributed by atoms with Gasteiger partial charge in [0.1, 0.15) is 12.4 Å². The van der Waals surface area contributed by atoms with E-state index in [0.29, 0.717) is 17.2 Å². The summed E-state index contributed by atoms with van der Waals surface area (Å²) in [6.45, 7) is 2.05. The number of halogens is 1. The number of hydrogen-bond acceptors (Lipinski definition) is 4. The lowest BCUT2D eigenvalue weighted by Gasteiger charge is -2.71. The van der Waals surface area contributed by atoms with E-state index >= 15 is 0 Å². The molecule has 0 spiro atoms. The molecule has 3 aliphatic carbocycles. The Kier molecular flexibility index (Phi) is 4.28. The lowest BCUT2D eigenvalue weighted by atomic mass is 9.38. The summed E-state index contributed by atoms with van der Waals surface area (Å²) in [6, 6.07) is 13.8. The zero-order valence-corrected chi connectivity index (χ0v) is 17.1. The molecular formula is C24H23ClN2O2. The molecule has 1 aromatic heterocycles. The Labute approximate surface area is 175 Å².